The normalized spacial score (nSPS) is 18.9. The standard InChI is InChI=1S/C14H22N4O/c1-10-9-13(11(2)17-16-10)14(19)18-8-4-6-12(18)5-3-7-15/h9,12H,3-8,15H2,1-2H3. The molecule has 1 unspecified atom stereocenters. The van der Waals surface area contributed by atoms with Gasteiger partial charge in [0, 0.05) is 12.6 Å². The lowest BCUT2D eigenvalue weighted by Gasteiger charge is -2.25. The molecule has 5 heteroatoms. The SMILES string of the molecule is Cc1cc(C(=O)N2CCCC2CCCN)c(C)nn1. The van der Waals surface area contributed by atoms with E-state index in [0.717, 1.165) is 37.9 Å². The van der Waals surface area contributed by atoms with Crippen molar-refractivity contribution in [3.63, 3.8) is 0 Å². The molecule has 0 aliphatic carbocycles. The van der Waals surface area contributed by atoms with Crippen LogP contribution in [-0.4, -0.2) is 40.1 Å². The summed E-state index contributed by atoms with van der Waals surface area (Å²) in [6, 6.07) is 2.17. The highest BCUT2D eigenvalue weighted by atomic mass is 16.2. The zero-order chi connectivity index (χ0) is 13.8. The van der Waals surface area contributed by atoms with Gasteiger partial charge in [-0.05, 0) is 52.1 Å². The van der Waals surface area contributed by atoms with E-state index in [1.165, 1.54) is 0 Å². The van der Waals surface area contributed by atoms with E-state index in [9.17, 15) is 4.79 Å². The van der Waals surface area contributed by atoms with Gasteiger partial charge in [0.1, 0.15) is 0 Å². The van der Waals surface area contributed by atoms with Crippen LogP contribution >= 0.6 is 0 Å². The second kappa shape index (κ2) is 6.10. The summed E-state index contributed by atoms with van der Waals surface area (Å²) in [5.74, 6) is 0.0926. The van der Waals surface area contributed by atoms with Crippen molar-refractivity contribution in [1.82, 2.24) is 15.1 Å². The third-order valence-corrected chi connectivity index (χ3v) is 3.71. The number of amides is 1. The van der Waals surface area contributed by atoms with Crippen LogP contribution in [0.4, 0.5) is 0 Å². The number of rotatable bonds is 4. The van der Waals surface area contributed by atoms with Crippen LogP contribution < -0.4 is 5.73 Å². The molecule has 1 aliphatic heterocycles. The van der Waals surface area contributed by atoms with Gasteiger partial charge < -0.3 is 10.6 Å². The molecule has 1 amide bonds. The number of hydrogen-bond donors (Lipinski definition) is 1. The minimum Gasteiger partial charge on any atom is -0.336 e. The van der Waals surface area contributed by atoms with Crippen molar-refractivity contribution < 1.29 is 4.79 Å². The summed E-state index contributed by atoms with van der Waals surface area (Å²) in [6.45, 7) is 5.23. The Hall–Kier alpha value is -1.49. The number of nitrogens with two attached hydrogens (primary N) is 1. The molecule has 1 atom stereocenters. The van der Waals surface area contributed by atoms with Crippen LogP contribution in [0.1, 0.15) is 47.4 Å². The summed E-state index contributed by atoms with van der Waals surface area (Å²) in [6.07, 6.45) is 4.14. The van der Waals surface area contributed by atoms with E-state index in [-0.39, 0.29) is 5.91 Å². The van der Waals surface area contributed by atoms with Gasteiger partial charge in [-0.2, -0.15) is 10.2 Å². The van der Waals surface area contributed by atoms with Gasteiger partial charge in [0.05, 0.1) is 17.0 Å². The van der Waals surface area contributed by atoms with Gasteiger partial charge in [0.15, 0.2) is 0 Å². The Morgan fingerprint density at radius 1 is 1.47 bits per heavy atom. The second-order valence-electron chi connectivity index (χ2n) is 5.21. The molecule has 104 valence electrons. The summed E-state index contributed by atoms with van der Waals surface area (Å²) in [5, 5.41) is 8.02. The van der Waals surface area contributed by atoms with E-state index in [0.29, 0.717) is 23.8 Å². The smallest absolute Gasteiger partial charge is 0.256 e. The highest BCUT2D eigenvalue weighted by Crippen LogP contribution is 2.24. The predicted molar refractivity (Wildman–Crippen MR) is 73.9 cm³/mol. The van der Waals surface area contributed by atoms with Crippen molar-refractivity contribution in [3.05, 3.63) is 23.0 Å². The van der Waals surface area contributed by atoms with Gasteiger partial charge in [-0.25, -0.2) is 0 Å². The Kier molecular flexibility index (Phi) is 4.47. The van der Waals surface area contributed by atoms with E-state index >= 15 is 0 Å². The van der Waals surface area contributed by atoms with Crippen LogP contribution in [0.15, 0.2) is 6.07 Å². The largest absolute Gasteiger partial charge is 0.336 e. The van der Waals surface area contributed by atoms with E-state index < -0.39 is 0 Å². The van der Waals surface area contributed by atoms with Crippen molar-refractivity contribution >= 4 is 5.91 Å². The quantitative estimate of drug-likeness (QED) is 0.891. The van der Waals surface area contributed by atoms with Crippen molar-refractivity contribution in [2.45, 2.75) is 45.6 Å². The Morgan fingerprint density at radius 2 is 2.26 bits per heavy atom. The Labute approximate surface area is 114 Å². The van der Waals surface area contributed by atoms with E-state index in [4.69, 9.17) is 5.73 Å². The van der Waals surface area contributed by atoms with Crippen molar-refractivity contribution in [3.8, 4) is 0 Å². The topological polar surface area (TPSA) is 72.1 Å². The molecule has 2 N–H and O–H groups in total. The first kappa shape index (κ1) is 13.9. The predicted octanol–water partition coefficient (Wildman–Crippen LogP) is 1.44. The molecule has 0 radical (unpaired) electrons. The van der Waals surface area contributed by atoms with Gasteiger partial charge in [-0.3, -0.25) is 4.79 Å². The molecule has 0 saturated carbocycles. The lowest BCUT2D eigenvalue weighted by molar-refractivity contribution is 0.0728. The number of hydrogen-bond acceptors (Lipinski definition) is 4. The fourth-order valence-corrected chi connectivity index (χ4v) is 2.68. The lowest BCUT2D eigenvalue weighted by atomic mass is 10.1. The fourth-order valence-electron chi connectivity index (χ4n) is 2.68. The zero-order valence-corrected chi connectivity index (χ0v) is 11.7. The highest BCUT2D eigenvalue weighted by molar-refractivity contribution is 5.95. The third-order valence-electron chi connectivity index (χ3n) is 3.71. The third kappa shape index (κ3) is 3.10. The van der Waals surface area contributed by atoms with E-state index in [1.807, 2.05) is 24.8 Å². The van der Waals surface area contributed by atoms with Crippen LogP contribution in [-0.2, 0) is 0 Å². The molecule has 1 saturated heterocycles. The summed E-state index contributed by atoms with van der Waals surface area (Å²) in [4.78, 5) is 14.6. The average molecular weight is 262 g/mol. The van der Waals surface area contributed by atoms with Crippen molar-refractivity contribution in [1.29, 1.82) is 0 Å². The minimum atomic E-state index is 0.0926. The maximum absolute atomic E-state index is 12.6. The van der Waals surface area contributed by atoms with Gasteiger partial charge in [-0.1, -0.05) is 0 Å². The van der Waals surface area contributed by atoms with Crippen LogP contribution in [0.2, 0.25) is 0 Å². The molecule has 0 spiro atoms. The molecule has 2 heterocycles. The maximum atomic E-state index is 12.6. The molecule has 5 nitrogen and oxygen atoms in total. The number of carbonyl (C=O) groups excluding carboxylic acids is 1. The van der Waals surface area contributed by atoms with Crippen molar-refractivity contribution in [2.75, 3.05) is 13.1 Å². The first-order chi connectivity index (χ1) is 9.13. The molecule has 1 aromatic rings. The molecule has 1 aromatic heterocycles. The molecule has 2 rings (SSSR count). The maximum Gasteiger partial charge on any atom is 0.256 e. The van der Waals surface area contributed by atoms with Gasteiger partial charge >= 0.3 is 0 Å². The fraction of sp³-hybridized carbons (Fsp3) is 0.643. The molecule has 1 fully saturated rings. The number of aryl methyl sites for hydroxylation is 2. The first-order valence-electron chi connectivity index (χ1n) is 6.95. The molecule has 0 bridgehead atoms. The lowest BCUT2D eigenvalue weighted by Crippen LogP contribution is -2.36. The minimum absolute atomic E-state index is 0.0926. The van der Waals surface area contributed by atoms with Gasteiger partial charge in [-0.15, -0.1) is 0 Å². The highest BCUT2D eigenvalue weighted by Gasteiger charge is 2.29. The van der Waals surface area contributed by atoms with Crippen LogP contribution in [0.25, 0.3) is 0 Å². The number of nitrogens with zero attached hydrogens (tertiary/aromatic N) is 3. The summed E-state index contributed by atoms with van der Waals surface area (Å²) in [7, 11) is 0. The van der Waals surface area contributed by atoms with E-state index in [1.54, 1.807) is 0 Å². The molecule has 0 aromatic carbocycles. The number of likely N-dealkylation sites (tertiary alicyclic amines) is 1. The average Bonchev–Trinajstić information content (AvgIpc) is 2.86. The second-order valence-corrected chi connectivity index (χ2v) is 5.21. The van der Waals surface area contributed by atoms with Crippen LogP contribution in [0.5, 0.6) is 0 Å². The van der Waals surface area contributed by atoms with Gasteiger partial charge in [0.25, 0.3) is 5.91 Å². The summed E-state index contributed by atoms with van der Waals surface area (Å²) in [5.41, 5.74) is 7.74. The van der Waals surface area contributed by atoms with E-state index in [2.05, 4.69) is 10.2 Å². The summed E-state index contributed by atoms with van der Waals surface area (Å²) < 4.78 is 0. The number of carbonyl (C=O) groups is 1. The monoisotopic (exact) mass is 262 g/mol. The Morgan fingerprint density at radius 3 is 3.00 bits per heavy atom. The van der Waals surface area contributed by atoms with Gasteiger partial charge in [0.2, 0.25) is 0 Å². The first-order valence-corrected chi connectivity index (χ1v) is 6.95. The molecular formula is C14H22N4O. The number of aromatic nitrogens is 2. The molecule has 1 aliphatic rings. The Bertz CT molecular complexity index is 461. The molecule has 19 heavy (non-hydrogen) atoms. The molecular weight excluding hydrogens is 240 g/mol. The summed E-state index contributed by atoms with van der Waals surface area (Å²) >= 11 is 0. The zero-order valence-electron chi connectivity index (χ0n) is 11.7. The van der Waals surface area contributed by atoms with Crippen LogP contribution in [0, 0.1) is 13.8 Å². The van der Waals surface area contributed by atoms with Crippen molar-refractivity contribution in [2.24, 2.45) is 5.73 Å². The van der Waals surface area contributed by atoms with Crippen LogP contribution in [0.3, 0.4) is 0 Å². The Balaban J connectivity index is 2.16.